The van der Waals surface area contributed by atoms with Crippen molar-refractivity contribution in [3.63, 3.8) is 0 Å². The molecule has 1 aromatic heterocycles. The minimum absolute atomic E-state index is 0.0781. The minimum atomic E-state index is 0.0781. The second kappa shape index (κ2) is 6.92. The Balaban J connectivity index is 1.58. The second-order valence-electron chi connectivity index (χ2n) is 7.17. The molecule has 2 aromatic carbocycles. The predicted octanol–water partition coefficient (Wildman–Crippen LogP) is 3.22. The van der Waals surface area contributed by atoms with Gasteiger partial charge in [-0.15, -0.1) is 0 Å². The van der Waals surface area contributed by atoms with E-state index in [4.69, 9.17) is 5.73 Å². The summed E-state index contributed by atoms with van der Waals surface area (Å²) in [5.41, 5.74) is 9.64. The Morgan fingerprint density at radius 1 is 1.19 bits per heavy atom. The minimum Gasteiger partial charge on any atom is -0.334 e. The van der Waals surface area contributed by atoms with Gasteiger partial charge in [-0.25, -0.2) is 4.98 Å². The molecular formula is C21H24N4O. The zero-order valence-corrected chi connectivity index (χ0v) is 15.0. The van der Waals surface area contributed by atoms with Crippen molar-refractivity contribution in [3.8, 4) is 5.69 Å². The van der Waals surface area contributed by atoms with Crippen LogP contribution in [0.1, 0.15) is 30.1 Å². The third kappa shape index (κ3) is 2.99. The molecular weight excluding hydrogens is 324 g/mol. The maximum absolute atomic E-state index is 12.9. The Hall–Kier alpha value is -2.66. The Labute approximate surface area is 153 Å². The molecule has 4 rings (SSSR count). The predicted molar refractivity (Wildman–Crippen MR) is 103 cm³/mol. The van der Waals surface area contributed by atoms with Crippen molar-refractivity contribution in [1.82, 2.24) is 14.5 Å². The fraction of sp³-hybridized carbons (Fsp3) is 0.333. The van der Waals surface area contributed by atoms with Crippen LogP contribution in [0.4, 0.5) is 0 Å². The van der Waals surface area contributed by atoms with Crippen LogP contribution in [-0.4, -0.2) is 39.5 Å². The number of para-hydroxylation sites is 2. The number of hydrogen-bond donors (Lipinski definition) is 1. The van der Waals surface area contributed by atoms with Crippen molar-refractivity contribution in [3.05, 3.63) is 60.4 Å². The normalized spacial score (nSPS) is 20.5. The number of nitrogens with two attached hydrogens (primary N) is 1. The Bertz CT molecular complexity index is 915. The van der Waals surface area contributed by atoms with E-state index in [0.717, 1.165) is 36.1 Å². The number of hydrogen-bond acceptors (Lipinski definition) is 3. The topological polar surface area (TPSA) is 64.2 Å². The van der Waals surface area contributed by atoms with Crippen molar-refractivity contribution in [1.29, 1.82) is 0 Å². The van der Waals surface area contributed by atoms with E-state index in [2.05, 4.69) is 11.9 Å². The molecule has 3 aromatic rings. The summed E-state index contributed by atoms with van der Waals surface area (Å²) in [5.74, 6) is 0.707. The molecule has 5 heteroatoms. The summed E-state index contributed by atoms with van der Waals surface area (Å²) in [4.78, 5) is 19.3. The van der Waals surface area contributed by atoms with E-state index in [1.807, 2.05) is 64.3 Å². The van der Waals surface area contributed by atoms with Gasteiger partial charge < -0.3 is 10.6 Å². The first kappa shape index (κ1) is 16.8. The molecule has 0 bridgehead atoms. The number of imidazole rings is 1. The van der Waals surface area contributed by atoms with Gasteiger partial charge in [0, 0.05) is 30.4 Å². The maximum Gasteiger partial charge on any atom is 0.254 e. The van der Waals surface area contributed by atoms with Gasteiger partial charge in [0.15, 0.2) is 0 Å². The average molecular weight is 348 g/mol. The maximum atomic E-state index is 12.9. The highest BCUT2D eigenvalue weighted by atomic mass is 16.2. The van der Waals surface area contributed by atoms with Crippen molar-refractivity contribution in [2.24, 2.45) is 11.7 Å². The SMILES string of the molecule is CC1CCN(C(=O)c2ccc(-n3cnc4ccccc43)cc2)C(CN)C1. The van der Waals surface area contributed by atoms with Crippen molar-refractivity contribution < 1.29 is 4.79 Å². The van der Waals surface area contributed by atoms with Gasteiger partial charge in [-0.3, -0.25) is 9.36 Å². The number of amides is 1. The molecule has 0 spiro atoms. The van der Waals surface area contributed by atoms with Gasteiger partial charge in [0.25, 0.3) is 5.91 Å². The lowest BCUT2D eigenvalue weighted by Gasteiger charge is -2.38. The monoisotopic (exact) mass is 348 g/mol. The van der Waals surface area contributed by atoms with Crippen molar-refractivity contribution >= 4 is 16.9 Å². The molecule has 1 saturated heterocycles. The second-order valence-corrected chi connectivity index (χ2v) is 7.17. The van der Waals surface area contributed by atoms with Crippen LogP contribution in [0.2, 0.25) is 0 Å². The molecule has 1 aliphatic heterocycles. The van der Waals surface area contributed by atoms with E-state index in [9.17, 15) is 4.79 Å². The fourth-order valence-electron chi connectivity index (χ4n) is 3.84. The lowest BCUT2D eigenvalue weighted by atomic mass is 9.92. The lowest BCUT2D eigenvalue weighted by molar-refractivity contribution is 0.0573. The quantitative estimate of drug-likeness (QED) is 0.790. The highest BCUT2D eigenvalue weighted by Gasteiger charge is 2.29. The van der Waals surface area contributed by atoms with Gasteiger partial charge in [0.1, 0.15) is 6.33 Å². The zero-order valence-electron chi connectivity index (χ0n) is 15.0. The standard InChI is InChI=1S/C21H24N4O/c1-15-10-11-24(18(12-15)13-22)21(26)16-6-8-17(9-7-16)25-14-23-19-4-2-3-5-20(19)25/h2-9,14-15,18H,10-13,22H2,1H3. The average Bonchev–Trinajstić information content (AvgIpc) is 3.11. The van der Waals surface area contributed by atoms with E-state index in [0.29, 0.717) is 18.0 Å². The third-order valence-electron chi connectivity index (χ3n) is 5.36. The first-order chi connectivity index (χ1) is 12.7. The number of likely N-dealkylation sites (tertiary alicyclic amines) is 1. The summed E-state index contributed by atoms with van der Waals surface area (Å²) in [6.07, 6.45) is 3.85. The van der Waals surface area contributed by atoms with Crippen LogP contribution in [0.15, 0.2) is 54.9 Å². The number of carbonyl (C=O) groups is 1. The van der Waals surface area contributed by atoms with Gasteiger partial charge in [0.2, 0.25) is 0 Å². The van der Waals surface area contributed by atoms with E-state index >= 15 is 0 Å². The largest absolute Gasteiger partial charge is 0.334 e. The summed E-state index contributed by atoms with van der Waals surface area (Å²) in [6, 6.07) is 15.9. The first-order valence-electron chi connectivity index (χ1n) is 9.21. The summed E-state index contributed by atoms with van der Waals surface area (Å²) < 4.78 is 2.04. The third-order valence-corrected chi connectivity index (χ3v) is 5.36. The molecule has 1 fully saturated rings. The molecule has 2 heterocycles. The molecule has 26 heavy (non-hydrogen) atoms. The fourth-order valence-corrected chi connectivity index (χ4v) is 3.84. The number of rotatable bonds is 3. The van der Waals surface area contributed by atoms with E-state index in [1.165, 1.54) is 0 Å². The van der Waals surface area contributed by atoms with Crippen LogP contribution in [0.5, 0.6) is 0 Å². The van der Waals surface area contributed by atoms with Gasteiger partial charge in [-0.05, 0) is 55.2 Å². The van der Waals surface area contributed by atoms with Crippen LogP contribution >= 0.6 is 0 Å². The summed E-state index contributed by atoms with van der Waals surface area (Å²) in [6.45, 7) is 3.54. The number of fused-ring (bicyclic) bond motifs is 1. The molecule has 2 atom stereocenters. The molecule has 2 unspecified atom stereocenters. The molecule has 1 aliphatic rings. The molecule has 0 radical (unpaired) electrons. The van der Waals surface area contributed by atoms with Crippen LogP contribution < -0.4 is 5.73 Å². The van der Waals surface area contributed by atoms with E-state index in [-0.39, 0.29) is 11.9 Å². The molecule has 2 N–H and O–H groups in total. The summed E-state index contributed by atoms with van der Waals surface area (Å²) in [7, 11) is 0. The number of aromatic nitrogens is 2. The Morgan fingerprint density at radius 2 is 1.96 bits per heavy atom. The molecule has 1 amide bonds. The van der Waals surface area contributed by atoms with E-state index < -0.39 is 0 Å². The van der Waals surface area contributed by atoms with Crippen LogP contribution in [0.3, 0.4) is 0 Å². The van der Waals surface area contributed by atoms with Gasteiger partial charge in [-0.2, -0.15) is 0 Å². The van der Waals surface area contributed by atoms with E-state index in [1.54, 1.807) is 0 Å². The van der Waals surface area contributed by atoms with Gasteiger partial charge >= 0.3 is 0 Å². The first-order valence-corrected chi connectivity index (χ1v) is 9.21. The van der Waals surface area contributed by atoms with Crippen molar-refractivity contribution in [2.45, 2.75) is 25.8 Å². The molecule has 0 saturated carbocycles. The Kier molecular flexibility index (Phi) is 4.47. The molecule has 5 nitrogen and oxygen atoms in total. The Morgan fingerprint density at radius 3 is 2.73 bits per heavy atom. The molecule has 0 aliphatic carbocycles. The number of piperidine rings is 1. The van der Waals surface area contributed by atoms with Gasteiger partial charge in [-0.1, -0.05) is 19.1 Å². The highest BCUT2D eigenvalue weighted by molar-refractivity contribution is 5.94. The van der Waals surface area contributed by atoms with Gasteiger partial charge in [0.05, 0.1) is 11.0 Å². The summed E-state index contributed by atoms with van der Waals surface area (Å²) in [5, 5.41) is 0. The number of benzene rings is 2. The lowest BCUT2D eigenvalue weighted by Crippen LogP contribution is -2.49. The van der Waals surface area contributed by atoms with Crippen LogP contribution in [0.25, 0.3) is 16.7 Å². The number of nitrogens with zero attached hydrogens (tertiary/aromatic N) is 3. The molecule has 134 valence electrons. The van der Waals surface area contributed by atoms with Crippen LogP contribution in [-0.2, 0) is 0 Å². The zero-order chi connectivity index (χ0) is 18.1. The summed E-state index contributed by atoms with van der Waals surface area (Å²) >= 11 is 0. The van der Waals surface area contributed by atoms with Crippen molar-refractivity contribution in [2.75, 3.05) is 13.1 Å². The smallest absolute Gasteiger partial charge is 0.254 e. The number of carbonyl (C=O) groups excluding carboxylic acids is 1. The highest BCUT2D eigenvalue weighted by Crippen LogP contribution is 2.24. The van der Waals surface area contributed by atoms with Crippen LogP contribution in [0, 0.1) is 5.92 Å².